The molecular formula is C20H24BrN3OS. The number of benzene rings is 1. The highest BCUT2D eigenvalue weighted by atomic mass is 79.9. The van der Waals surface area contributed by atoms with Crippen LogP contribution >= 0.6 is 27.3 Å². The van der Waals surface area contributed by atoms with Crippen molar-refractivity contribution < 1.29 is 4.79 Å². The lowest BCUT2D eigenvalue weighted by Gasteiger charge is -2.42. The molecule has 0 aliphatic carbocycles. The zero-order chi connectivity index (χ0) is 17.9. The zero-order valence-corrected chi connectivity index (χ0v) is 17.2. The van der Waals surface area contributed by atoms with E-state index < -0.39 is 0 Å². The summed E-state index contributed by atoms with van der Waals surface area (Å²) in [4.78, 5) is 22.1. The molecule has 4 rings (SSSR count). The fraction of sp³-hybridized carbons (Fsp3) is 0.500. The predicted octanol–water partition coefficient (Wildman–Crippen LogP) is 4.39. The Morgan fingerprint density at radius 3 is 2.58 bits per heavy atom. The number of amides is 1. The van der Waals surface area contributed by atoms with Gasteiger partial charge in [-0.1, -0.05) is 30.3 Å². The first kappa shape index (κ1) is 18.1. The number of hydrogen-bond acceptors (Lipinski definition) is 4. The van der Waals surface area contributed by atoms with E-state index in [1.54, 1.807) is 6.20 Å². The van der Waals surface area contributed by atoms with Gasteiger partial charge in [-0.3, -0.25) is 9.69 Å². The van der Waals surface area contributed by atoms with Crippen LogP contribution in [0.3, 0.4) is 0 Å². The maximum atomic E-state index is 12.6. The highest BCUT2D eigenvalue weighted by Gasteiger charge is 2.31. The SMILES string of the molecule is O=C(c1cnc(Br)s1)N1CCC(N2CCCC(c3ccccc3)C2)CC1. The monoisotopic (exact) mass is 433 g/mol. The van der Waals surface area contributed by atoms with E-state index in [0.29, 0.717) is 12.0 Å². The van der Waals surface area contributed by atoms with Gasteiger partial charge in [0.15, 0.2) is 3.92 Å². The summed E-state index contributed by atoms with van der Waals surface area (Å²) in [5.74, 6) is 0.784. The second kappa shape index (κ2) is 8.19. The Morgan fingerprint density at radius 2 is 1.88 bits per heavy atom. The summed E-state index contributed by atoms with van der Waals surface area (Å²) in [7, 11) is 0. The van der Waals surface area contributed by atoms with Gasteiger partial charge < -0.3 is 4.90 Å². The molecule has 4 nitrogen and oxygen atoms in total. The van der Waals surface area contributed by atoms with Crippen molar-refractivity contribution >= 4 is 33.2 Å². The summed E-state index contributed by atoms with van der Waals surface area (Å²) in [5.41, 5.74) is 1.47. The van der Waals surface area contributed by atoms with Crippen LogP contribution in [-0.2, 0) is 0 Å². The third-order valence-corrected chi connectivity index (χ3v) is 7.14. The summed E-state index contributed by atoms with van der Waals surface area (Å²) in [6.07, 6.45) is 6.39. The Balaban J connectivity index is 1.33. The molecule has 1 unspecified atom stereocenters. The molecule has 26 heavy (non-hydrogen) atoms. The van der Waals surface area contributed by atoms with Crippen LogP contribution in [0.4, 0.5) is 0 Å². The average Bonchev–Trinajstić information content (AvgIpc) is 3.15. The molecule has 0 bridgehead atoms. The fourth-order valence-electron chi connectivity index (χ4n) is 4.28. The largest absolute Gasteiger partial charge is 0.338 e. The van der Waals surface area contributed by atoms with E-state index in [4.69, 9.17) is 0 Å². The molecule has 1 atom stereocenters. The van der Waals surface area contributed by atoms with E-state index in [1.165, 1.54) is 36.3 Å². The Bertz CT molecular complexity index is 743. The van der Waals surface area contributed by atoms with Crippen LogP contribution in [-0.4, -0.2) is 52.9 Å². The van der Waals surface area contributed by atoms with Crippen LogP contribution in [0.1, 0.15) is 46.8 Å². The Hall–Kier alpha value is -1.24. The number of nitrogens with zero attached hydrogens (tertiary/aromatic N) is 3. The molecule has 0 N–H and O–H groups in total. The van der Waals surface area contributed by atoms with Gasteiger partial charge in [0.05, 0.1) is 6.20 Å². The van der Waals surface area contributed by atoms with Crippen LogP contribution in [0.25, 0.3) is 0 Å². The maximum Gasteiger partial charge on any atom is 0.265 e. The number of thiazole rings is 1. The first-order valence-corrected chi connectivity index (χ1v) is 11.0. The second-order valence-electron chi connectivity index (χ2n) is 7.25. The smallest absolute Gasteiger partial charge is 0.265 e. The summed E-state index contributed by atoms with van der Waals surface area (Å²) in [5, 5.41) is 0. The highest BCUT2D eigenvalue weighted by molar-refractivity contribution is 9.11. The van der Waals surface area contributed by atoms with Gasteiger partial charge in [0.1, 0.15) is 4.88 Å². The topological polar surface area (TPSA) is 36.4 Å². The van der Waals surface area contributed by atoms with Gasteiger partial charge in [0.25, 0.3) is 5.91 Å². The van der Waals surface area contributed by atoms with Gasteiger partial charge in [-0.2, -0.15) is 0 Å². The number of piperidine rings is 2. The lowest BCUT2D eigenvalue weighted by molar-refractivity contribution is 0.0575. The van der Waals surface area contributed by atoms with Crippen LogP contribution in [0.5, 0.6) is 0 Å². The maximum absolute atomic E-state index is 12.6. The summed E-state index contributed by atoms with van der Waals surface area (Å²) in [6.45, 7) is 4.06. The number of aromatic nitrogens is 1. The van der Waals surface area contributed by atoms with Gasteiger partial charge in [0.2, 0.25) is 0 Å². The van der Waals surface area contributed by atoms with Crippen LogP contribution < -0.4 is 0 Å². The number of rotatable bonds is 3. The third-order valence-electron chi connectivity index (χ3n) is 5.68. The molecule has 2 aliphatic rings. The number of likely N-dealkylation sites (tertiary alicyclic amines) is 2. The number of carbonyl (C=O) groups excluding carboxylic acids is 1. The lowest BCUT2D eigenvalue weighted by Crippen LogP contribution is -2.49. The molecule has 2 fully saturated rings. The second-order valence-corrected chi connectivity index (χ2v) is 9.55. The average molecular weight is 434 g/mol. The standard InChI is InChI=1S/C20H24BrN3OS/c21-20-22-13-18(26-20)19(25)23-11-8-17(9-12-23)24-10-4-7-16(14-24)15-5-2-1-3-6-15/h1-3,5-6,13,16-17H,4,7-12,14H2. The molecule has 0 saturated carbocycles. The Labute approximate surface area is 167 Å². The first-order valence-electron chi connectivity index (χ1n) is 9.40. The summed E-state index contributed by atoms with van der Waals surface area (Å²) < 4.78 is 0.774. The summed E-state index contributed by atoms with van der Waals surface area (Å²) in [6, 6.07) is 11.5. The molecule has 6 heteroatoms. The number of hydrogen-bond donors (Lipinski definition) is 0. The van der Waals surface area contributed by atoms with E-state index in [-0.39, 0.29) is 5.91 Å². The van der Waals surface area contributed by atoms with E-state index >= 15 is 0 Å². The van der Waals surface area contributed by atoms with Crippen molar-refractivity contribution in [3.8, 4) is 0 Å². The van der Waals surface area contributed by atoms with Crippen LogP contribution in [0.2, 0.25) is 0 Å². The Kier molecular flexibility index (Phi) is 5.72. The molecule has 1 aromatic heterocycles. The normalized spacial score (nSPS) is 22.5. The van der Waals surface area contributed by atoms with Crippen molar-refractivity contribution in [1.29, 1.82) is 0 Å². The van der Waals surface area contributed by atoms with Gasteiger partial charge in [-0.15, -0.1) is 11.3 Å². The van der Waals surface area contributed by atoms with Crippen molar-refractivity contribution in [3.63, 3.8) is 0 Å². The molecule has 0 radical (unpaired) electrons. The van der Waals surface area contributed by atoms with Gasteiger partial charge in [-0.05, 0) is 59.6 Å². The molecule has 2 aromatic rings. The highest BCUT2D eigenvalue weighted by Crippen LogP contribution is 2.30. The van der Waals surface area contributed by atoms with E-state index in [9.17, 15) is 4.79 Å². The fourth-order valence-corrected chi connectivity index (χ4v) is 5.51. The Morgan fingerprint density at radius 1 is 1.12 bits per heavy atom. The lowest BCUT2D eigenvalue weighted by atomic mass is 9.89. The predicted molar refractivity (Wildman–Crippen MR) is 109 cm³/mol. The van der Waals surface area contributed by atoms with Crippen molar-refractivity contribution in [2.24, 2.45) is 0 Å². The first-order chi connectivity index (χ1) is 12.7. The minimum Gasteiger partial charge on any atom is -0.338 e. The molecule has 1 aromatic carbocycles. The molecule has 3 heterocycles. The number of carbonyl (C=O) groups is 1. The third kappa shape index (κ3) is 4.02. The number of halogens is 1. The molecule has 2 aliphatic heterocycles. The summed E-state index contributed by atoms with van der Waals surface area (Å²) >= 11 is 4.76. The van der Waals surface area contributed by atoms with Crippen molar-refractivity contribution in [3.05, 3.63) is 50.9 Å². The molecule has 1 amide bonds. The molecular weight excluding hydrogens is 410 g/mol. The van der Waals surface area contributed by atoms with E-state index in [1.807, 2.05) is 4.90 Å². The van der Waals surface area contributed by atoms with Gasteiger partial charge in [-0.25, -0.2) is 4.98 Å². The van der Waals surface area contributed by atoms with Gasteiger partial charge >= 0.3 is 0 Å². The minimum atomic E-state index is 0.132. The van der Waals surface area contributed by atoms with Crippen molar-refractivity contribution in [1.82, 2.24) is 14.8 Å². The minimum absolute atomic E-state index is 0.132. The molecule has 2 saturated heterocycles. The zero-order valence-electron chi connectivity index (χ0n) is 14.8. The molecule has 0 spiro atoms. The molecule has 138 valence electrons. The quantitative estimate of drug-likeness (QED) is 0.719. The van der Waals surface area contributed by atoms with E-state index in [2.05, 4.69) is 56.1 Å². The van der Waals surface area contributed by atoms with Crippen molar-refractivity contribution in [2.45, 2.75) is 37.6 Å². The van der Waals surface area contributed by atoms with E-state index in [0.717, 1.165) is 41.3 Å². The van der Waals surface area contributed by atoms with Crippen LogP contribution in [0, 0.1) is 0 Å². The van der Waals surface area contributed by atoms with Crippen molar-refractivity contribution in [2.75, 3.05) is 26.2 Å². The van der Waals surface area contributed by atoms with Gasteiger partial charge in [0, 0.05) is 25.7 Å². The van der Waals surface area contributed by atoms with Crippen LogP contribution in [0.15, 0.2) is 40.4 Å².